The van der Waals surface area contributed by atoms with Gasteiger partial charge in [0.2, 0.25) is 17.7 Å². The zero-order valence-corrected chi connectivity index (χ0v) is 19.0. The van der Waals surface area contributed by atoms with Crippen molar-refractivity contribution in [1.82, 2.24) is 15.1 Å². The molecule has 0 spiro atoms. The van der Waals surface area contributed by atoms with Gasteiger partial charge in [0.15, 0.2) is 0 Å². The molecule has 4 amide bonds. The van der Waals surface area contributed by atoms with Crippen molar-refractivity contribution in [3.05, 3.63) is 71.3 Å². The zero-order valence-electron chi connectivity index (χ0n) is 19.0. The van der Waals surface area contributed by atoms with Crippen LogP contribution in [-0.2, 0) is 25.7 Å². The van der Waals surface area contributed by atoms with Gasteiger partial charge in [0.1, 0.15) is 6.04 Å². The second kappa shape index (κ2) is 9.57. The highest BCUT2D eigenvalue weighted by Gasteiger charge is 2.52. The monoisotopic (exact) mass is 447 g/mol. The zero-order chi connectivity index (χ0) is 23.5. The van der Waals surface area contributed by atoms with Gasteiger partial charge >= 0.3 is 0 Å². The average Bonchev–Trinajstić information content (AvgIpc) is 3.04. The minimum Gasteiger partial charge on any atom is -0.349 e. The predicted octanol–water partition coefficient (Wildman–Crippen LogP) is 2.74. The van der Waals surface area contributed by atoms with Crippen LogP contribution in [0.1, 0.15) is 48.9 Å². The molecule has 2 aromatic rings. The molecule has 0 unspecified atom stereocenters. The van der Waals surface area contributed by atoms with Crippen LogP contribution in [-0.4, -0.2) is 46.0 Å². The molecule has 1 N–H and O–H groups in total. The van der Waals surface area contributed by atoms with Crippen molar-refractivity contribution in [3.8, 4) is 0 Å². The maximum atomic E-state index is 13.4. The number of nitrogens with one attached hydrogen (secondary N) is 1. The SMILES string of the molecule is CC(=O)N[C@H](CC(=O)N1CCC[C@H]2C(=O)N(Cc3ccccc3)C(=O)[C@H]21)c1ccc(C)cc1. The lowest BCUT2D eigenvalue weighted by atomic mass is 9.90. The van der Waals surface area contributed by atoms with Gasteiger partial charge in [0.05, 0.1) is 24.9 Å². The van der Waals surface area contributed by atoms with Gasteiger partial charge < -0.3 is 10.2 Å². The van der Waals surface area contributed by atoms with Gasteiger partial charge in [0.25, 0.3) is 5.91 Å². The molecule has 2 fully saturated rings. The summed E-state index contributed by atoms with van der Waals surface area (Å²) in [4.78, 5) is 54.4. The highest BCUT2D eigenvalue weighted by atomic mass is 16.2. The van der Waals surface area contributed by atoms with E-state index in [1.165, 1.54) is 11.8 Å². The van der Waals surface area contributed by atoms with E-state index < -0.39 is 18.0 Å². The Morgan fingerprint density at radius 3 is 2.39 bits per heavy atom. The molecule has 2 saturated heterocycles. The number of carbonyl (C=O) groups excluding carboxylic acids is 4. The van der Waals surface area contributed by atoms with E-state index in [1.807, 2.05) is 61.5 Å². The Bertz CT molecular complexity index is 1050. The van der Waals surface area contributed by atoms with Crippen molar-refractivity contribution in [2.45, 2.75) is 51.7 Å². The van der Waals surface area contributed by atoms with Crippen LogP contribution in [0.2, 0.25) is 0 Å². The summed E-state index contributed by atoms with van der Waals surface area (Å²) in [6.07, 6.45) is 1.30. The number of hydrogen-bond donors (Lipinski definition) is 1. The van der Waals surface area contributed by atoms with Gasteiger partial charge in [-0.2, -0.15) is 0 Å². The number of nitrogens with zero attached hydrogens (tertiary/aromatic N) is 2. The first-order valence-electron chi connectivity index (χ1n) is 11.4. The minimum atomic E-state index is -0.765. The number of benzene rings is 2. The molecule has 0 saturated carbocycles. The maximum Gasteiger partial charge on any atom is 0.253 e. The first kappa shape index (κ1) is 22.7. The predicted molar refractivity (Wildman–Crippen MR) is 123 cm³/mol. The molecule has 0 aromatic heterocycles. The first-order valence-corrected chi connectivity index (χ1v) is 11.4. The number of fused-ring (bicyclic) bond motifs is 1. The quantitative estimate of drug-likeness (QED) is 0.690. The number of amides is 4. The normalized spacial score (nSPS) is 21.0. The number of likely N-dealkylation sites (tertiary alicyclic amines) is 2. The Hall–Kier alpha value is -3.48. The fourth-order valence-electron chi connectivity index (χ4n) is 4.82. The van der Waals surface area contributed by atoms with Gasteiger partial charge in [-0.15, -0.1) is 0 Å². The van der Waals surface area contributed by atoms with E-state index in [2.05, 4.69) is 5.32 Å². The number of rotatable bonds is 6. The number of piperidine rings is 1. The summed E-state index contributed by atoms with van der Waals surface area (Å²) in [6.45, 7) is 4.04. The summed E-state index contributed by atoms with van der Waals surface area (Å²) < 4.78 is 0. The van der Waals surface area contributed by atoms with E-state index in [9.17, 15) is 19.2 Å². The topological polar surface area (TPSA) is 86.8 Å². The van der Waals surface area contributed by atoms with Crippen LogP contribution in [0.3, 0.4) is 0 Å². The first-order chi connectivity index (χ1) is 15.8. The molecule has 172 valence electrons. The Morgan fingerprint density at radius 2 is 1.73 bits per heavy atom. The highest BCUT2D eigenvalue weighted by Crippen LogP contribution is 2.34. The third-order valence-electron chi connectivity index (χ3n) is 6.47. The Morgan fingerprint density at radius 1 is 1.03 bits per heavy atom. The number of hydrogen-bond acceptors (Lipinski definition) is 4. The van der Waals surface area contributed by atoms with E-state index in [0.717, 1.165) is 16.7 Å². The fraction of sp³-hybridized carbons (Fsp3) is 0.385. The van der Waals surface area contributed by atoms with Gasteiger partial charge in [-0.3, -0.25) is 24.1 Å². The van der Waals surface area contributed by atoms with Crippen molar-refractivity contribution in [3.63, 3.8) is 0 Å². The molecular formula is C26H29N3O4. The summed E-state index contributed by atoms with van der Waals surface area (Å²) in [5, 5.41) is 2.86. The van der Waals surface area contributed by atoms with Crippen LogP contribution in [0.25, 0.3) is 0 Å². The minimum absolute atomic E-state index is 0.0337. The van der Waals surface area contributed by atoms with Crippen LogP contribution >= 0.6 is 0 Å². The highest BCUT2D eigenvalue weighted by molar-refractivity contribution is 6.08. The van der Waals surface area contributed by atoms with E-state index >= 15 is 0 Å². The largest absolute Gasteiger partial charge is 0.349 e. The molecule has 7 nitrogen and oxygen atoms in total. The van der Waals surface area contributed by atoms with Crippen molar-refractivity contribution >= 4 is 23.6 Å². The molecule has 2 heterocycles. The second-order valence-electron chi connectivity index (χ2n) is 8.90. The van der Waals surface area contributed by atoms with Crippen molar-refractivity contribution in [1.29, 1.82) is 0 Å². The summed E-state index contributed by atoms with van der Waals surface area (Å²) in [7, 11) is 0. The molecule has 0 aliphatic carbocycles. The van der Waals surface area contributed by atoms with Crippen molar-refractivity contribution in [2.75, 3.05) is 6.54 Å². The summed E-state index contributed by atoms with van der Waals surface area (Å²) in [5.41, 5.74) is 2.79. The van der Waals surface area contributed by atoms with Gasteiger partial charge in [-0.25, -0.2) is 0 Å². The smallest absolute Gasteiger partial charge is 0.253 e. The molecule has 4 rings (SSSR count). The van der Waals surface area contributed by atoms with Crippen LogP contribution in [0.4, 0.5) is 0 Å². The molecular weight excluding hydrogens is 418 g/mol. The number of aryl methyl sites for hydroxylation is 1. The lowest BCUT2D eigenvalue weighted by Crippen LogP contribution is -2.51. The molecule has 33 heavy (non-hydrogen) atoms. The number of imide groups is 1. The summed E-state index contributed by atoms with van der Waals surface area (Å²) in [6, 6.07) is 15.8. The number of carbonyl (C=O) groups is 4. The van der Waals surface area contributed by atoms with Gasteiger partial charge in [-0.05, 0) is 30.9 Å². The average molecular weight is 448 g/mol. The van der Waals surface area contributed by atoms with Crippen LogP contribution in [0.5, 0.6) is 0 Å². The third kappa shape index (κ3) is 4.82. The molecule has 0 radical (unpaired) electrons. The van der Waals surface area contributed by atoms with Gasteiger partial charge in [-0.1, -0.05) is 60.2 Å². The Kier molecular flexibility index (Phi) is 6.58. The molecule has 7 heteroatoms. The van der Waals surface area contributed by atoms with Crippen LogP contribution < -0.4 is 5.32 Å². The summed E-state index contributed by atoms with van der Waals surface area (Å²) >= 11 is 0. The molecule has 0 bridgehead atoms. The Labute approximate surface area is 193 Å². The van der Waals surface area contributed by atoms with E-state index in [4.69, 9.17) is 0 Å². The van der Waals surface area contributed by atoms with Crippen LogP contribution in [0, 0.1) is 12.8 Å². The second-order valence-corrected chi connectivity index (χ2v) is 8.90. The van der Waals surface area contributed by atoms with Crippen molar-refractivity contribution in [2.24, 2.45) is 5.92 Å². The van der Waals surface area contributed by atoms with Crippen molar-refractivity contribution < 1.29 is 19.2 Å². The fourth-order valence-corrected chi connectivity index (χ4v) is 4.82. The molecule has 2 aromatic carbocycles. The molecule has 3 atom stereocenters. The Balaban J connectivity index is 1.53. The lowest BCUT2D eigenvalue weighted by Gasteiger charge is -2.35. The van der Waals surface area contributed by atoms with E-state index in [0.29, 0.717) is 19.4 Å². The van der Waals surface area contributed by atoms with E-state index in [1.54, 1.807) is 4.90 Å². The summed E-state index contributed by atoms with van der Waals surface area (Å²) in [5.74, 6) is -1.48. The lowest BCUT2D eigenvalue weighted by molar-refractivity contribution is -0.145. The third-order valence-corrected chi connectivity index (χ3v) is 6.47. The van der Waals surface area contributed by atoms with Crippen LogP contribution in [0.15, 0.2) is 54.6 Å². The van der Waals surface area contributed by atoms with Gasteiger partial charge in [0, 0.05) is 13.5 Å². The van der Waals surface area contributed by atoms with E-state index in [-0.39, 0.29) is 36.6 Å². The molecule has 2 aliphatic heterocycles. The standard InChI is InChI=1S/C26H29N3O4/c1-17-10-12-20(13-11-17)22(27-18(2)30)15-23(31)28-14-6-9-21-24(28)26(33)29(25(21)32)16-19-7-4-3-5-8-19/h3-5,7-8,10-13,21-22,24H,6,9,14-16H2,1-2H3,(H,27,30)/t21-,22-,24+/m1/s1. The molecule has 2 aliphatic rings. The maximum absolute atomic E-state index is 13.4.